The van der Waals surface area contributed by atoms with Crippen molar-refractivity contribution in [1.29, 1.82) is 0 Å². The molecule has 0 heterocycles. The third-order valence-electron chi connectivity index (χ3n) is 3.66. The highest BCUT2D eigenvalue weighted by Gasteiger charge is 2.18. The van der Waals surface area contributed by atoms with E-state index in [0.29, 0.717) is 18.8 Å². The molecule has 0 aromatic heterocycles. The van der Waals surface area contributed by atoms with E-state index in [0.717, 1.165) is 16.7 Å². The van der Waals surface area contributed by atoms with E-state index in [1.807, 2.05) is 67.8 Å². The fourth-order valence-corrected chi connectivity index (χ4v) is 2.89. The summed E-state index contributed by atoms with van der Waals surface area (Å²) in [6, 6.07) is 17.7. The predicted octanol–water partition coefficient (Wildman–Crippen LogP) is 3.42. The smallest absolute Gasteiger partial charge is 0.232 e. The number of nitrogens with zero attached hydrogens (tertiary/aromatic N) is 1. The van der Waals surface area contributed by atoms with E-state index in [2.05, 4.69) is 0 Å². The topological polar surface area (TPSA) is 40.5 Å². The zero-order valence-electron chi connectivity index (χ0n) is 13.6. The number of hydrogen-bond acceptors (Lipinski definition) is 3. The van der Waals surface area contributed by atoms with Crippen molar-refractivity contribution < 1.29 is 9.90 Å². The van der Waals surface area contributed by atoms with Crippen molar-refractivity contribution in [3.63, 3.8) is 0 Å². The van der Waals surface area contributed by atoms with Crippen molar-refractivity contribution >= 4 is 17.7 Å². The lowest BCUT2D eigenvalue weighted by Crippen LogP contribution is -2.35. The molecule has 2 aromatic carbocycles. The Labute approximate surface area is 142 Å². The van der Waals surface area contributed by atoms with Crippen LogP contribution in [0.4, 0.5) is 0 Å². The fourth-order valence-electron chi connectivity index (χ4n) is 2.46. The second kappa shape index (κ2) is 8.75. The van der Waals surface area contributed by atoms with Crippen LogP contribution < -0.4 is 0 Å². The van der Waals surface area contributed by atoms with Gasteiger partial charge in [0.25, 0.3) is 0 Å². The first-order chi connectivity index (χ1) is 11.1. The van der Waals surface area contributed by atoms with Gasteiger partial charge in [-0.15, -0.1) is 0 Å². The molecule has 2 rings (SSSR count). The zero-order valence-corrected chi connectivity index (χ0v) is 14.4. The summed E-state index contributed by atoms with van der Waals surface area (Å²) in [5.41, 5.74) is 3.02. The molecule has 1 N–H and O–H groups in total. The lowest BCUT2D eigenvalue weighted by molar-refractivity contribution is -0.130. The quantitative estimate of drug-likeness (QED) is 0.846. The van der Waals surface area contributed by atoms with E-state index in [9.17, 15) is 9.90 Å². The van der Waals surface area contributed by atoms with E-state index in [1.165, 1.54) is 11.8 Å². The number of carbonyl (C=O) groups is 1. The van der Waals surface area contributed by atoms with E-state index in [-0.39, 0.29) is 5.91 Å². The average Bonchev–Trinajstić information content (AvgIpc) is 2.55. The monoisotopic (exact) mass is 329 g/mol. The second-order valence-corrected chi connectivity index (χ2v) is 6.49. The molecule has 0 bridgehead atoms. The lowest BCUT2D eigenvalue weighted by atomic mass is 10.1. The van der Waals surface area contributed by atoms with Gasteiger partial charge in [-0.25, -0.2) is 0 Å². The number of thioether (sulfide) groups is 1. The molecule has 0 fully saturated rings. The van der Waals surface area contributed by atoms with E-state index in [1.54, 1.807) is 4.90 Å². The van der Waals surface area contributed by atoms with Gasteiger partial charge in [0, 0.05) is 6.54 Å². The number of carbonyl (C=O) groups excluding carboxylic acids is 1. The number of aliphatic hydroxyl groups is 1. The Morgan fingerprint density at radius 2 is 1.91 bits per heavy atom. The summed E-state index contributed by atoms with van der Waals surface area (Å²) in [6.45, 7) is 2.82. The number of aryl methyl sites for hydroxylation is 1. The van der Waals surface area contributed by atoms with Crippen LogP contribution in [0.3, 0.4) is 0 Å². The van der Waals surface area contributed by atoms with Crippen LogP contribution in [0, 0.1) is 6.92 Å². The van der Waals surface area contributed by atoms with Gasteiger partial charge in [0.05, 0.1) is 18.4 Å². The van der Waals surface area contributed by atoms with E-state index in [4.69, 9.17) is 0 Å². The number of aliphatic hydroxyl groups excluding tert-OH is 1. The molecule has 0 aliphatic heterocycles. The minimum absolute atomic E-state index is 0.0491. The Morgan fingerprint density at radius 3 is 2.57 bits per heavy atom. The van der Waals surface area contributed by atoms with Gasteiger partial charge >= 0.3 is 0 Å². The third kappa shape index (κ3) is 5.41. The lowest BCUT2D eigenvalue weighted by Gasteiger charge is -2.25. The molecule has 0 saturated carbocycles. The molecular formula is C19H23NO2S. The summed E-state index contributed by atoms with van der Waals surface area (Å²) >= 11 is 1.50. The van der Waals surface area contributed by atoms with Crippen molar-refractivity contribution in [3.05, 3.63) is 71.3 Å². The molecule has 3 nitrogen and oxygen atoms in total. The van der Waals surface area contributed by atoms with E-state index < -0.39 is 6.10 Å². The molecule has 122 valence electrons. The first-order valence-electron chi connectivity index (χ1n) is 7.65. The van der Waals surface area contributed by atoms with Crippen LogP contribution in [0.25, 0.3) is 0 Å². The van der Waals surface area contributed by atoms with Gasteiger partial charge in [-0.3, -0.25) is 4.79 Å². The van der Waals surface area contributed by atoms with Crippen molar-refractivity contribution in [2.45, 2.75) is 19.6 Å². The Balaban J connectivity index is 2.12. The predicted molar refractivity (Wildman–Crippen MR) is 96.4 cm³/mol. The normalized spacial score (nSPS) is 12.0. The van der Waals surface area contributed by atoms with Crippen LogP contribution in [-0.2, 0) is 11.3 Å². The molecule has 4 heteroatoms. The SMILES string of the molecule is CSCC(=O)N(Cc1ccccc1)CC(O)c1cccc(C)c1. The van der Waals surface area contributed by atoms with Gasteiger partial charge in [-0.1, -0.05) is 60.2 Å². The van der Waals surface area contributed by atoms with Gasteiger partial charge in [0.2, 0.25) is 5.91 Å². The van der Waals surface area contributed by atoms with Crippen molar-refractivity contribution in [2.75, 3.05) is 18.6 Å². The van der Waals surface area contributed by atoms with Gasteiger partial charge in [0.1, 0.15) is 0 Å². The molecule has 1 amide bonds. The van der Waals surface area contributed by atoms with Gasteiger partial charge in [0.15, 0.2) is 0 Å². The van der Waals surface area contributed by atoms with E-state index >= 15 is 0 Å². The maximum atomic E-state index is 12.4. The van der Waals surface area contributed by atoms with Gasteiger partial charge < -0.3 is 10.0 Å². The standard InChI is InChI=1S/C19H23NO2S/c1-15-7-6-10-17(11-15)18(21)13-20(19(22)14-23-2)12-16-8-4-3-5-9-16/h3-11,18,21H,12-14H2,1-2H3. The van der Waals surface area contributed by atoms with Crippen molar-refractivity contribution in [2.24, 2.45) is 0 Å². The molecule has 2 aromatic rings. The van der Waals surface area contributed by atoms with Crippen molar-refractivity contribution in [3.8, 4) is 0 Å². The third-order valence-corrected chi connectivity index (χ3v) is 4.19. The summed E-state index contributed by atoms with van der Waals surface area (Å²) in [5.74, 6) is 0.473. The van der Waals surface area contributed by atoms with Crippen LogP contribution >= 0.6 is 11.8 Å². The molecule has 0 saturated heterocycles. The first-order valence-corrected chi connectivity index (χ1v) is 9.05. The van der Waals surface area contributed by atoms with Gasteiger partial charge in [-0.05, 0) is 24.3 Å². The summed E-state index contributed by atoms with van der Waals surface area (Å²) in [7, 11) is 0. The van der Waals surface area contributed by atoms with Crippen LogP contribution in [-0.4, -0.2) is 34.5 Å². The zero-order chi connectivity index (χ0) is 16.7. The Morgan fingerprint density at radius 1 is 1.17 bits per heavy atom. The van der Waals surface area contributed by atoms with Crippen LogP contribution in [0.5, 0.6) is 0 Å². The van der Waals surface area contributed by atoms with Crippen LogP contribution in [0.1, 0.15) is 22.8 Å². The van der Waals surface area contributed by atoms with Crippen LogP contribution in [0.2, 0.25) is 0 Å². The van der Waals surface area contributed by atoms with Gasteiger partial charge in [-0.2, -0.15) is 11.8 Å². The minimum atomic E-state index is -0.676. The first kappa shape index (κ1) is 17.6. The maximum absolute atomic E-state index is 12.4. The molecule has 0 aliphatic carbocycles. The Hall–Kier alpha value is -1.78. The second-order valence-electron chi connectivity index (χ2n) is 5.62. The minimum Gasteiger partial charge on any atom is -0.387 e. The highest BCUT2D eigenvalue weighted by atomic mass is 32.2. The Kier molecular flexibility index (Phi) is 6.68. The summed E-state index contributed by atoms with van der Waals surface area (Å²) in [6.07, 6.45) is 1.24. The number of hydrogen-bond donors (Lipinski definition) is 1. The maximum Gasteiger partial charge on any atom is 0.232 e. The molecule has 23 heavy (non-hydrogen) atoms. The van der Waals surface area contributed by atoms with Crippen LogP contribution in [0.15, 0.2) is 54.6 Å². The molecule has 0 radical (unpaired) electrons. The Bertz CT molecular complexity index is 630. The van der Waals surface area contributed by atoms with Crippen molar-refractivity contribution in [1.82, 2.24) is 4.90 Å². The summed E-state index contributed by atoms with van der Waals surface area (Å²) in [5, 5.41) is 10.5. The average molecular weight is 329 g/mol. The summed E-state index contributed by atoms with van der Waals surface area (Å²) in [4.78, 5) is 14.1. The number of amides is 1. The number of benzene rings is 2. The highest BCUT2D eigenvalue weighted by Crippen LogP contribution is 2.18. The molecular weight excluding hydrogens is 306 g/mol. The highest BCUT2D eigenvalue weighted by molar-refractivity contribution is 7.99. The summed E-state index contributed by atoms with van der Waals surface area (Å²) < 4.78 is 0. The number of rotatable bonds is 7. The molecule has 1 unspecified atom stereocenters. The largest absolute Gasteiger partial charge is 0.387 e. The fraction of sp³-hybridized carbons (Fsp3) is 0.316. The molecule has 0 aliphatic rings. The molecule has 1 atom stereocenters. The molecule has 0 spiro atoms.